The van der Waals surface area contributed by atoms with Gasteiger partial charge in [-0.25, -0.2) is 0 Å². The van der Waals surface area contributed by atoms with E-state index in [-0.39, 0.29) is 5.78 Å². The molecule has 0 fully saturated rings. The topological polar surface area (TPSA) is 61.8 Å². The molecule has 160 valence electrons. The van der Waals surface area contributed by atoms with E-state index < -0.39 is 7.60 Å². The van der Waals surface area contributed by atoms with Crippen molar-refractivity contribution in [2.24, 2.45) is 0 Å². The van der Waals surface area contributed by atoms with Gasteiger partial charge in [-0.05, 0) is 31.9 Å². The molecule has 0 amide bonds. The summed E-state index contributed by atoms with van der Waals surface area (Å²) in [5.41, 5.74) is 3.29. The van der Waals surface area contributed by atoms with Crippen molar-refractivity contribution in [3.8, 4) is 0 Å². The molecule has 2 aromatic carbocycles. The standard InChI is InChI=1S/C24H29O5P/c1-4-28-30(26,29-5-2)17-9-10-20(3)18-27-19-21-13-15-23(16-14-21)24(25)22-11-7-6-8-12-22/h6-17H,4-5,18-19H2,1-3H3/b17-9+,20-10+. The van der Waals surface area contributed by atoms with Gasteiger partial charge in [-0.1, -0.05) is 66.7 Å². The number of carbonyl (C=O) groups excluding carboxylic acids is 1. The summed E-state index contributed by atoms with van der Waals surface area (Å²) in [4.78, 5) is 12.4. The molecule has 0 aliphatic heterocycles. The molecular weight excluding hydrogens is 399 g/mol. The maximum absolute atomic E-state index is 12.4. The average Bonchev–Trinajstić information content (AvgIpc) is 2.75. The largest absolute Gasteiger partial charge is 0.372 e. The van der Waals surface area contributed by atoms with Crippen molar-refractivity contribution in [2.75, 3.05) is 19.8 Å². The van der Waals surface area contributed by atoms with E-state index in [1.165, 1.54) is 5.82 Å². The second kappa shape index (κ2) is 12.4. The van der Waals surface area contributed by atoms with E-state index in [9.17, 15) is 9.36 Å². The predicted octanol–water partition coefficient (Wildman–Crippen LogP) is 6.16. The van der Waals surface area contributed by atoms with Crippen LogP contribution in [0.25, 0.3) is 0 Å². The van der Waals surface area contributed by atoms with Crippen molar-refractivity contribution in [1.29, 1.82) is 0 Å². The van der Waals surface area contributed by atoms with Gasteiger partial charge in [-0.3, -0.25) is 9.36 Å². The zero-order valence-electron chi connectivity index (χ0n) is 17.7. The molecule has 30 heavy (non-hydrogen) atoms. The number of carbonyl (C=O) groups is 1. The van der Waals surface area contributed by atoms with Gasteiger partial charge in [0.25, 0.3) is 0 Å². The minimum atomic E-state index is -3.18. The second-order valence-corrected chi connectivity index (χ2v) is 8.51. The Morgan fingerprint density at radius 3 is 2.13 bits per heavy atom. The average molecular weight is 428 g/mol. The van der Waals surface area contributed by atoms with Gasteiger partial charge in [-0.15, -0.1) is 0 Å². The Balaban J connectivity index is 1.84. The van der Waals surface area contributed by atoms with Crippen LogP contribution in [0, 0.1) is 0 Å². The van der Waals surface area contributed by atoms with Gasteiger partial charge < -0.3 is 13.8 Å². The summed E-state index contributed by atoms with van der Waals surface area (Å²) in [6.07, 6.45) is 3.50. The van der Waals surface area contributed by atoms with E-state index in [4.69, 9.17) is 13.8 Å². The lowest BCUT2D eigenvalue weighted by Gasteiger charge is -2.12. The molecular formula is C24H29O5P. The molecule has 2 rings (SSSR count). The molecule has 0 saturated heterocycles. The molecule has 0 bridgehead atoms. The van der Waals surface area contributed by atoms with Crippen molar-refractivity contribution in [3.05, 3.63) is 94.8 Å². The first-order valence-corrected chi connectivity index (χ1v) is 11.6. The number of ketones is 1. The van der Waals surface area contributed by atoms with E-state index in [1.807, 2.05) is 67.6 Å². The van der Waals surface area contributed by atoms with Crippen LogP contribution in [0.15, 0.2) is 78.1 Å². The van der Waals surface area contributed by atoms with Gasteiger partial charge >= 0.3 is 7.60 Å². The Morgan fingerprint density at radius 2 is 1.53 bits per heavy atom. The van der Waals surface area contributed by atoms with E-state index in [0.29, 0.717) is 37.6 Å². The predicted molar refractivity (Wildman–Crippen MR) is 120 cm³/mol. The fourth-order valence-corrected chi connectivity index (χ4v) is 3.95. The van der Waals surface area contributed by atoms with Crippen LogP contribution in [-0.4, -0.2) is 25.6 Å². The van der Waals surface area contributed by atoms with Gasteiger partial charge in [0.05, 0.1) is 26.4 Å². The van der Waals surface area contributed by atoms with Crippen LogP contribution in [-0.2, 0) is 25.0 Å². The SMILES string of the molecule is CCOP(=O)(/C=C/C=C(\C)COCc1ccc(C(=O)c2ccccc2)cc1)OCC. The number of hydrogen-bond acceptors (Lipinski definition) is 5. The fraction of sp³-hybridized carbons (Fsp3) is 0.292. The molecule has 0 heterocycles. The van der Waals surface area contributed by atoms with Crippen molar-refractivity contribution in [1.82, 2.24) is 0 Å². The number of allylic oxidation sites excluding steroid dienone is 2. The summed E-state index contributed by atoms with van der Waals surface area (Å²) in [5.74, 6) is 1.47. The molecule has 0 radical (unpaired) electrons. The minimum Gasteiger partial charge on any atom is -0.372 e. The number of ether oxygens (including phenoxy) is 1. The third-order valence-corrected chi connectivity index (χ3v) is 5.89. The third kappa shape index (κ3) is 7.85. The van der Waals surface area contributed by atoms with Crippen LogP contribution in [0.3, 0.4) is 0 Å². The Morgan fingerprint density at radius 1 is 0.933 bits per heavy atom. The number of hydrogen-bond donors (Lipinski definition) is 0. The maximum Gasteiger partial charge on any atom is 0.354 e. The highest BCUT2D eigenvalue weighted by atomic mass is 31.2. The molecule has 0 aliphatic rings. The monoisotopic (exact) mass is 428 g/mol. The van der Waals surface area contributed by atoms with Gasteiger partial charge in [0.15, 0.2) is 5.78 Å². The fourth-order valence-electron chi connectivity index (χ4n) is 2.68. The molecule has 0 aromatic heterocycles. The number of benzene rings is 2. The first kappa shape index (κ1) is 24.0. The molecule has 0 saturated carbocycles. The van der Waals surface area contributed by atoms with Crippen molar-refractivity contribution >= 4 is 13.4 Å². The summed E-state index contributed by atoms with van der Waals surface area (Å²) in [6, 6.07) is 16.6. The highest BCUT2D eigenvalue weighted by molar-refractivity contribution is 7.57. The zero-order valence-corrected chi connectivity index (χ0v) is 18.6. The van der Waals surface area contributed by atoms with Crippen LogP contribution >= 0.6 is 7.60 Å². The van der Waals surface area contributed by atoms with E-state index in [1.54, 1.807) is 19.9 Å². The van der Waals surface area contributed by atoms with Crippen molar-refractivity contribution in [2.45, 2.75) is 27.4 Å². The van der Waals surface area contributed by atoms with Crippen LogP contribution < -0.4 is 0 Å². The Hall–Kier alpha value is -2.30. The van der Waals surface area contributed by atoms with Crippen molar-refractivity contribution in [3.63, 3.8) is 0 Å². The summed E-state index contributed by atoms with van der Waals surface area (Å²) in [7, 11) is -3.18. The summed E-state index contributed by atoms with van der Waals surface area (Å²) in [6.45, 7) is 7.00. The highest BCUT2D eigenvalue weighted by Crippen LogP contribution is 2.49. The maximum atomic E-state index is 12.4. The summed E-state index contributed by atoms with van der Waals surface area (Å²) >= 11 is 0. The molecule has 0 unspecified atom stereocenters. The van der Waals surface area contributed by atoms with Crippen LogP contribution in [0.2, 0.25) is 0 Å². The summed E-state index contributed by atoms with van der Waals surface area (Å²) < 4.78 is 28.5. The van der Waals surface area contributed by atoms with Gasteiger partial charge in [0, 0.05) is 16.9 Å². The quantitative estimate of drug-likeness (QED) is 0.230. The third-order valence-electron chi connectivity index (χ3n) is 4.12. The van der Waals surface area contributed by atoms with Crippen LogP contribution in [0.5, 0.6) is 0 Å². The molecule has 0 N–H and O–H groups in total. The second-order valence-electron chi connectivity index (χ2n) is 6.61. The lowest BCUT2D eigenvalue weighted by atomic mass is 10.0. The molecule has 0 atom stereocenters. The minimum absolute atomic E-state index is 0.00466. The van der Waals surface area contributed by atoms with Gasteiger partial charge in [0.1, 0.15) is 0 Å². The number of rotatable bonds is 12. The molecule has 2 aromatic rings. The van der Waals surface area contributed by atoms with E-state index in [0.717, 1.165) is 11.1 Å². The van der Waals surface area contributed by atoms with Gasteiger partial charge in [0.2, 0.25) is 0 Å². The molecule has 6 heteroatoms. The normalized spacial score (nSPS) is 12.4. The zero-order chi connectivity index (χ0) is 21.8. The highest BCUT2D eigenvalue weighted by Gasteiger charge is 2.18. The molecule has 5 nitrogen and oxygen atoms in total. The lowest BCUT2D eigenvalue weighted by molar-refractivity contribution is 0.103. The Bertz CT molecular complexity index is 891. The smallest absolute Gasteiger partial charge is 0.354 e. The molecule has 0 aliphatic carbocycles. The van der Waals surface area contributed by atoms with Crippen LogP contribution in [0.1, 0.15) is 42.3 Å². The van der Waals surface area contributed by atoms with E-state index in [2.05, 4.69) is 0 Å². The van der Waals surface area contributed by atoms with Crippen molar-refractivity contribution < 1.29 is 23.1 Å². The van der Waals surface area contributed by atoms with Gasteiger partial charge in [-0.2, -0.15) is 0 Å². The lowest BCUT2D eigenvalue weighted by Crippen LogP contribution is -2.02. The van der Waals surface area contributed by atoms with Crippen LogP contribution in [0.4, 0.5) is 0 Å². The Kier molecular flexibility index (Phi) is 9.92. The first-order chi connectivity index (χ1) is 14.5. The molecule has 0 spiro atoms. The Labute approximate surface area is 178 Å². The van der Waals surface area contributed by atoms with E-state index >= 15 is 0 Å². The first-order valence-electron chi connectivity index (χ1n) is 9.97. The summed E-state index contributed by atoms with van der Waals surface area (Å²) in [5, 5.41) is 0.